The summed E-state index contributed by atoms with van der Waals surface area (Å²) in [7, 11) is 0. The molecular formula is C24H22N6OS. The van der Waals surface area contributed by atoms with E-state index in [4.69, 9.17) is 16.5 Å². The van der Waals surface area contributed by atoms with E-state index in [0.717, 1.165) is 31.9 Å². The number of amides is 2. The molecule has 2 heterocycles. The van der Waals surface area contributed by atoms with Crippen LogP contribution in [0, 0.1) is 0 Å². The number of thiophene rings is 1. The summed E-state index contributed by atoms with van der Waals surface area (Å²) in [6.07, 6.45) is 1.24. The van der Waals surface area contributed by atoms with Crippen molar-refractivity contribution in [2.45, 2.75) is 6.54 Å². The number of pyridine rings is 1. The summed E-state index contributed by atoms with van der Waals surface area (Å²) in [6.45, 7) is 4.28. The first kappa shape index (κ1) is 21.1. The lowest BCUT2D eigenvalue weighted by atomic mass is 10.1. The van der Waals surface area contributed by atoms with Gasteiger partial charge in [-0.15, -0.1) is 11.3 Å². The van der Waals surface area contributed by atoms with Gasteiger partial charge in [-0.25, -0.2) is 14.8 Å². The Kier molecular flexibility index (Phi) is 6.14. The zero-order valence-corrected chi connectivity index (χ0v) is 18.0. The Bertz CT molecular complexity index is 1300. The van der Waals surface area contributed by atoms with E-state index < -0.39 is 0 Å². The molecule has 4 aromatic rings. The molecule has 4 rings (SSSR count). The number of nitrogens with two attached hydrogens (primary N) is 2. The Hall–Kier alpha value is -4.17. The van der Waals surface area contributed by atoms with Crippen LogP contribution in [0.15, 0.2) is 78.3 Å². The van der Waals surface area contributed by atoms with Crippen LogP contribution in [0.4, 0.5) is 16.2 Å². The highest BCUT2D eigenvalue weighted by Crippen LogP contribution is 2.40. The van der Waals surface area contributed by atoms with Gasteiger partial charge >= 0.3 is 6.03 Å². The largest absolute Gasteiger partial charge is 0.398 e. The fraction of sp³-hybridized carbons (Fsp3) is 0.0417. The number of fused-ring (bicyclic) bond motifs is 1. The molecule has 0 saturated heterocycles. The smallest absolute Gasteiger partial charge is 0.319 e. The number of aromatic nitrogens is 1. The van der Waals surface area contributed by atoms with Crippen molar-refractivity contribution >= 4 is 51.0 Å². The number of hydrogen-bond acceptors (Lipinski definition) is 5. The number of carbonyl (C=O) groups is 1. The first-order valence-electron chi connectivity index (χ1n) is 9.87. The molecule has 0 fully saturated rings. The second-order valence-electron chi connectivity index (χ2n) is 7.00. The minimum absolute atomic E-state index is 0.262. The quantitative estimate of drug-likeness (QED) is 0.252. The second-order valence-corrected chi connectivity index (χ2v) is 8.00. The van der Waals surface area contributed by atoms with Crippen LogP contribution in [-0.2, 0) is 6.54 Å². The number of aliphatic imine (C=N–C) groups is 1. The SMILES string of the molecule is C=C(N)c1sc2nc(-c3ccc(NC(=O)NCc4ccccc4)cc3)ccc2c1N=CN. The molecule has 160 valence electrons. The standard InChI is InChI=1S/C24H22N6OS/c1-15(26)22-21(28-14-25)19-11-12-20(30-23(19)32-22)17-7-9-18(10-8-17)29-24(31)27-13-16-5-3-2-4-6-16/h2-12,14H,1,13,26H2,(H2,25,28)(H2,27,29,31). The second kappa shape index (κ2) is 9.32. The molecular weight excluding hydrogens is 420 g/mol. The number of rotatable bonds is 6. The summed E-state index contributed by atoms with van der Waals surface area (Å²) >= 11 is 1.43. The van der Waals surface area contributed by atoms with Gasteiger partial charge in [-0.1, -0.05) is 49.0 Å². The number of urea groups is 1. The average molecular weight is 443 g/mol. The van der Waals surface area contributed by atoms with Crippen molar-refractivity contribution in [1.82, 2.24) is 10.3 Å². The van der Waals surface area contributed by atoms with Crippen molar-refractivity contribution in [2.24, 2.45) is 16.5 Å². The molecule has 0 radical (unpaired) electrons. The van der Waals surface area contributed by atoms with Gasteiger partial charge in [-0.05, 0) is 29.8 Å². The van der Waals surface area contributed by atoms with E-state index in [0.29, 0.717) is 23.6 Å². The molecule has 0 saturated carbocycles. The summed E-state index contributed by atoms with van der Waals surface area (Å²) in [5.41, 5.74) is 16.0. The highest BCUT2D eigenvalue weighted by atomic mass is 32.1. The fourth-order valence-electron chi connectivity index (χ4n) is 3.22. The van der Waals surface area contributed by atoms with Crippen LogP contribution in [0.25, 0.3) is 27.2 Å². The van der Waals surface area contributed by atoms with E-state index in [9.17, 15) is 4.79 Å². The van der Waals surface area contributed by atoms with E-state index in [1.807, 2.05) is 66.7 Å². The Labute approximate surface area is 189 Å². The third-order valence-electron chi connectivity index (χ3n) is 4.76. The van der Waals surface area contributed by atoms with Gasteiger partial charge in [0, 0.05) is 28.9 Å². The van der Waals surface area contributed by atoms with Crippen LogP contribution in [0.3, 0.4) is 0 Å². The summed E-state index contributed by atoms with van der Waals surface area (Å²) < 4.78 is 0. The van der Waals surface area contributed by atoms with E-state index >= 15 is 0 Å². The molecule has 32 heavy (non-hydrogen) atoms. The Morgan fingerprint density at radius 3 is 2.53 bits per heavy atom. The Morgan fingerprint density at radius 1 is 1.09 bits per heavy atom. The first-order chi connectivity index (χ1) is 15.5. The van der Waals surface area contributed by atoms with Gasteiger partial charge in [-0.3, -0.25) is 0 Å². The van der Waals surface area contributed by atoms with Crippen molar-refractivity contribution in [2.75, 3.05) is 5.32 Å². The molecule has 0 aliphatic heterocycles. The van der Waals surface area contributed by atoms with Gasteiger partial charge in [0.1, 0.15) is 4.83 Å². The number of anilines is 1. The number of benzene rings is 2. The lowest BCUT2D eigenvalue weighted by Crippen LogP contribution is -2.28. The van der Waals surface area contributed by atoms with Crippen LogP contribution < -0.4 is 22.1 Å². The molecule has 0 unspecified atom stereocenters. The van der Waals surface area contributed by atoms with Gasteiger partial charge in [-0.2, -0.15) is 0 Å². The topological polar surface area (TPSA) is 118 Å². The third kappa shape index (κ3) is 4.60. The zero-order chi connectivity index (χ0) is 22.5. The zero-order valence-electron chi connectivity index (χ0n) is 17.2. The summed E-state index contributed by atoms with van der Waals surface area (Å²) in [6, 6.07) is 20.9. The van der Waals surface area contributed by atoms with Gasteiger partial charge in [0.05, 0.1) is 22.6 Å². The van der Waals surface area contributed by atoms with Crippen LogP contribution >= 0.6 is 11.3 Å². The van der Waals surface area contributed by atoms with Crippen LogP contribution in [0.2, 0.25) is 0 Å². The van der Waals surface area contributed by atoms with Crippen molar-refractivity contribution in [3.8, 4) is 11.3 Å². The monoisotopic (exact) mass is 442 g/mol. The maximum Gasteiger partial charge on any atom is 0.319 e. The fourth-order valence-corrected chi connectivity index (χ4v) is 4.23. The summed E-state index contributed by atoms with van der Waals surface area (Å²) in [4.78, 5) is 22.7. The summed E-state index contributed by atoms with van der Waals surface area (Å²) in [5, 5.41) is 6.55. The Morgan fingerprint density at radius 2 is 1.84 bits per heavy atom. The molecule has 2 amide bonds. The predicted molar refractivity (Wildman–Crippen MR) is 133 cm³/mol. The molecule has 7 nitrogen and oxygen atoms in total. The molecule has 6 N–H and O–H groups in total. The first-order valence-corrected chi connectivity index (χ1v) is 10.7. The van der Waals surface area contributed by atoms with Gasteiger partial charge in [0.2, 0.25) is 0 Å². The molecule has 0 spiro atoms. The maximum absolute atomic E-state index is 12.2. The van der Waals surface area contributed by atoms with E-state index in [1.54, 1.807) is 0 Å². The van der Waals surface area contributed by atoms with E-state index in [2.05, 4.69) is 22.2 Å². The molecule has 2 aromatic heterocycles. The molecule has 0 bridgehead atoms. The molecule has 0 aliphatic rings. The predicted octanol–water partition coefficient (Wildman–Crippen LogP) is 4.83. The molecule has 2 aromatic carbocycles. The lowest BCUT2D eigenvalue weighted by molar-refractivity contribution is 0.251. The number of hydrogen-bond donors (Lipinski definition) is 4. The highest BCUT2D eigenvalue weighted by molar-refractivity contribution is 7.20. The normalized spacial score (nSPS) is 11.0. The van der Waals surface area contributed by atoms with E-state index in [1.165, 1.54) is 17.7 Å². The minimum atomic E-state index is -0.262. The molecule has 0 aliphatic carbocycles. The molecule has 0 atom stereocenters. The van der Waals surface area contributed by atoms with Crippen LogP contribution in [0.1, 0.15) is 10.4 Å². The van der Waals surface area contributed by atoms with Gasteiger partial charge in [0.25, 0.3) is 0 Å². The number of nitrogens with zero attached hydrogens (tertiary/aromatic N) is 2. The average Bonchev–Trinajstić information content (AvgIpc) is 3.17. The van der Waals surface area contributed by atoms with E-state index in [-0.39, 0.29) is 6.03 Å². The minimum Gasteiger partial charge on any atom is -0.398 e. The maximum atomic E-state index is 12.2. The van der Waals surface area contributed by atoms with Gasteiger partial charge < -0.3 is 22.1 Å². The van der Waals surface area contributed by atoms with Crippen molar-refractivity contribution in [1.29, 1.82) is 0 Å². The molecule has 8 heteroatoms. The van der Waals surface area contributed by atoms with Crippen LogP contribution in [-0.4, -0.2) is 17.4 Å². The number of carbonyl (C=O) groups excluding carboxylic acids is 1. The van der Waals surface area contributed by atoms with Crippen molar-refractivity contribution in [3.63, 3.8) is 0 Å². The third-order valence-corrected chi connectivity index (χ3v) is 5.92. The lowest BCUT2D eigenvalue weighted by Gasteiger charge is -2.08. The van der Waals surface area contributed by atoms with Crippen LogP contribution in [0.5, 0.6) is 0 Å². The Balaban J connectivity index is 1.48. The van der Waals surface area contributed by atoms with Crippen molar-refractivity contribution in [3.05, 3.63) is 83.7 Å². The van der Waals surface area contributed by atoms with Crippen molar-refractivity contribution < 1.29 is 4.79 Å². The van der Waals surface area contributed by atoms with Gasteiger partial charge in [0.15, 0.2) is 0 Å². The number of nitrogens with one attached hydrogen (secondary N) is 2. The summed E-state index contributed by atoms with van der Waals surface area (Å²) in [5.74, 6) is 0. The highest BCUT2D eigenvalue weighted by Gasteiger charge is 2.14.